The van der Waals surface area contributed by atoms with Gasteiger partial charge in [0, 0.05) is 21.3 Å². The van der Waals surface area contributed by atoms with Crippen molar-refractivity contribution in [2.75, 3.05) is 6.54 Å². The molecule has 0 aliphatic carbocycles. The van der Waals surface area contributed by atoms with Crippen molar-refractivity contribution < 1.29 is 0 Å². The second-order valence-electron chi connectivity index (χ2n) is 3.25. The highest BCUT2D eigenvalue weighted by Crippen LogP contribution is 2.23. The fraction of sp³-hybridized carbons (Fsp3) is 0.400. The smallest absolute Gasteiger partial charge is 0.0288 e. The summed E-state index contributed by atoms with van der Waals surface area (Å²) in [6.07, 6.45) is 2.18. The first kappa shape index (κ1) is 11.0. The molecule has 0 saturated heterocycles. The SMILES string of the molecule is CC(C)C(=Cc1cc(Br)cs1)CN. The van der Waals surface area contributed by atoms with Crippen molar-refractivity contribution in [3.63, 3.8) is 0 Å². The standard InChI is InChI=1S/C10H14BrNS/c1-7(2)8(5-12)3-10-4-9(11)6-13-10/h3-4,6-7H,5,12H2,1-2H3. The van der Waals surface area contributed by atoms with Crippen LogP contribution in [0, 0.1) is 5.92 Å². The monoisotopic (exact) mass is 259 g/mol. The van der Waals surface area contributed by atoms with E-state index in [2.05, 4.69) is 47.3 Å². The lowest BCUT2D eigenvalue weighted by Crippen LogP contribution is -2.07. The van der Waals surface area contributed by atoms with Gasteiger partial charge >= 0.3 is 0 Å². The normalized spacial score (nSPS) is 12.5. The van der Waals surface area contributed by atoms with Gasteiger partial charge in [-0.2, -0.15) is 0 Å². The molecule has 0 bridgehead atoms. The molecule has 0 amide bonds. The summed E-state index contributed by atoms with van der Waals surface area (Å²) in [5.74, 6) is 0.533. The summed E-state index contributed by atoms with van der Waals surface area (Å²) in [6.45, 7) is 4.98. The first-order chi connectivity index (χ1) is 6.13. The molecule has 1 aromatic heterocycles. The van der Waals surface area contributed by atoms with Crippen LogP contribution in [-0.2, 0) is 0 Å². The molecule has 1 heterocycles. The molecule has 0 aromatic carbocycles. The maximum absolute atomic E-state index is 5.65. The van der Waals surface area contributed by atoms with E-state index in [1.54, 1.807) is 11.3 Å². The Morgan fingerprint density at radius 2 is 2.38 bits per heavy atom. The zero-order chi connectivity index (χ0) is 9.84. The highest BCUT2D eigenvalue weighted by atomic mass is 79.9. The number of hydrogen-bond donors (Lipinski definition) is 1. The number of rotatable bonds is 3. The summed E-state index contributed by atoms with van der Waals surface area (Å²) < 4.78 is 1.14. The van der Waals surface area contributed by atoms with E-state index < -0.39 is 0 Å². The van der Waals surface area contributed by atoms with Crippen LogP contribution in [-0.4, -0.2) is 6.54 Å². The molecule has 13 heavy (non-hydrogen) atoms. The van der Waals surface area contributed by atoms with E-state index in [4.69, 9.17) is 5.73 Å². The second kappa shape index (κ2) is 4.94. The van der Waals surface area contributed by atoms with Crippen LogP contribution in [0.3, 0.4) is 0 Å². The Labute approximate surface area is 91.8 Å². The average Bonchev–Trinajstić information content (AvgIpc) is 2.46. The van der Waals surface area contributed by atoms with Gasteiger partial charge in [0.05, 0.1) is 0 Å². The van der Waals surface area contributed by atoms with Gasteiger partial charge in [0.1, 0.15) is 0 Å². The summed E-state index contributed by atoms with van der Waals surface area (Å²) in [5.41, 5.74) is 6.95. The van der Waals surface area contributed by atoms with Crippen molar-refractivity contribution in [2.24, 2.45) is 11.7 Å². The topological polar surface area (TPSA) is 26.0 Å². The van der Waals surface area contributed by atoms with Crippen LogP contribution in [0.25, 0.3) is 6.08 Å². The Hall–Kier alpha value is -0.120. The molecule has 0 aliphatic rings. The summed E-state index contributed by atoms with van der Waals surface area (Å²) >= 11 is 5.16. The first-order valence-electron chi connectivity index (χ1n) is 4.28. The van der Waals surface area contributed by atoms with Crippen LogP contribution in [0.1, 0.15) is 18.7 Å². The zero-order valence-electron chi connectivity index (χ0n) is 7.88. The van der Waals surface area contributed by atoms with Crippen molar-refractivity contribution in [3.8, 4) is 0 Å². The van der Waals surface area contributed by atoms with Crippen molar-refractivity contribution >= 4 is 33.3 Å². The molecule has 2 N–H and O–H groups in total. The molecule has 1 rings (SSSR count). The number of hydrogen-bond acceptors (Lipinski definition) is 2. The minimum absolute atomic E-state index is 0.533. The molecule has 0 atom stereocenters. The minimum atomic E-state index is 0.533. The fourth-order valence-corrected chi connectivity index (χ4v) is 2.46. The molecule has 3 heteroatoms. The van der Waals surface area contributed by atoms with Gasteiger partial charge in [-0.3, -0.25) is 0 Å². The van der Waals surface area contributed by atoms with Crippen LogP contribution in [0.4, 0.5) is 0 Å². The Morgan fingerprint density at radius 3 is 2.77 bits per heavy atom. The highest BCUT2D eigenvalue weighted by Gasteiger charge is 2.01. The van der Waals surface area contributed by atoms with E-state index in [1.165, 1.54) is 10.5 Å². The lowest BCUT2D eigenvalue weighted by Gasteiger charge is -2.07. The molecule has 1 nitrogen and oxygen atoms in total. The molecular formula is C10H14BrNS. The molecule has 72 valence electrons. The molecule has 0 unspecified atom stereocenters. The summed E-state index contributed by atoms with van der Waals surface area (Å²) in [7, 11) is 0. The summed E-state index contributed by atoms with van der Waals surface area (Å²) in [4.78, 5) is 1.26. The molecule has 0 spiro atoms. The van der Waals surface area contributed by atoms with Gasteiger partial charge in [0.15, 0.2) is 0 Å². The van der Waals surface area contributed by atoms with Gasteiger partial charge in [0.25, 0.3) is 0 Å². The van der Waals surface area contributed by atoms with E-state index in [0.29, 0.717) is 12.5 Å². The van der Waals surface area contributed by atoms with Gasteiger partial charge in [0.2, 0.25) is 0 Å². The van der Waals surface area contributed by atoms with E-state index >= 15 is 0 Å². The third kappa shape index (κ3) is 3.25. The number of thiophene rings is 1. The van der Waals surface area contributed by atoms with Gasteiger partial charge in [-0.25, -0.2) is 0 Å². The third-order valence-corrected chi connectivity index (χ3v) is 3.53. The van der Waals surface area contributed by atoms with Crippen molar-refractivity contribution in [1.82, 2.24) is 0 Å². The molecular weight excluding hydrogens is 246 g/mol. The Bertz CT molecular complexity index is 302. The number of nitrogens with two attached hydrogens (primary N) is 1. The van der Waals surface area contributed by atoms with E-state index in [0.717, 1.165) is 4.47 Å². The van der Waals surface area contributed by atoms with E-state index in [1.807, 2.05) is 0 Å². The zero-order valence-corrected chi connectivity index (χ0v) is 10.3. The highest BCUT2D eigenvalue weighted by molar-refractivity contribution is 9.10. The third-order valence-electron chi connectivity index (χ3n) is 1.89. The van der Waals surface area contributed by atoms with Gasteiger partial charge in [-0.05, 0) is 34.0 Å². The predicted molar refractivity (Wildman–Crippen MR) is 63.9 cm³/mol. The molecule has 0 aliphatic heterocycles. The van der Waals surface area contributed by atoms with Crippen molar-refractivity contribution in [1.29, 1.82) is 0 Å². The van der Waals surface area contributed by atoms with Crippen molar-refractivity contribution in [2.45, 2.75) is 13.8 Å². The Morgan fingerprint density at radius 1 is 1.69 bits per heavy atom. The van der Waals surface area contributed by atoms with Gasteiger partial charge in [-0.1, -0.05) is 19.4 Å². The Kier molecular flexibility index (Phi) is 4.16. The fourth-order valence-electron chi connectivity index (χ4n) is 1.05. The summed E-state index contributed by atoms with van der Waals surface area (Å²) in [6, 6.07) is 2.11. The lowest BCUT2D eigenvalue weighted by atomic mass is 10.0. The van der Waals surface area contributed by atoms with Gasteiger partial charge < -0.3 is 5.73 Å². The number of halogens is 1. The minimum Gasteiger partial charge on any atom is -0.327 e. The lowest BCUT2D eigenvalue weighted by molar-refractivity contribution is 0.753. The van der Waals surface area contributed by atoms with Crippen LogP contribution in [0.5, 0.6) is 0 Å². The largest absolute Gasteiger partial charge is 0.327 e. The quantitative estimate of drug-likeness (QED) is 0.884. The van der Waals surface area contributed by atoms with Crippen LogP contribution in [0.2, 0.25) is 0 Å². The molecule has 0 radical (unpaired) electrons. The second-order valence-corrected chi connectivity index (χ2v) is 5.10. The van der Waals surface area contributed by atoms with Crippen LogP contribution >= 0.6 is 27.3 Å². The van der Waals surface area contributed by atoms with Crippen LogP contribution in [0.15, 0.2) is 21.5 Å². The molecule has 0 fully saturated rings. The van der Waals surface area contributed by atoms with Crippen LogP contribution < -0.4 is 5.73 Å². The maximum atomic E-state index is 5.65. The van der Waals surface area contributed by atoms with Gasteiger partial charge in [-0.15, -0.1) is 11.3 Å². The maximum Gasteiger partial charge on any atom is 0.0288 e. The average molecular weight is 260 g/mol. The predicted octanol–water partition coefficient (Wildman–Crippen LogP) is 3.51. The summed E-state index contributed by atoms with van der Waals surface area (Å²) in [5, 5.41) is 2.08. The molecule has 1 aromatic rings. The van der Waals surface area contributed by atoms with Crippen molar-refractivity contribution in [3.05, 3.63) is 26.4 Å². The Balaban J connectivity index is 2.84. The van der Waals surface area contributed by atoms with E-state index in [9.17, 15) is 0 Å². The first-order valence-corrected chi connectivity index (χ1v) is 5.95. The van der Waals surface area contributed by atoms with E-state index in [-0.39, 0.29) is 0 Å². The molecule has 0 saturated carbocycles.